The molecule has 0 saturated carbocycles. The number of amides is 2. The normalized spacial score (nSPS) is 15.8. The number of aromatic nitrogens is 1. The summed E-state index contributed by atoms with van der Waals surface area (Å²) in [6.07, 6.45) is 1.60. The van der Waals surface area contributed by atoms with Gasteiger partial charge in [-0.15, -0.1) is 0 Å². The van der Waals surface area contributed by atoms with Gasteiger partial charge in [-0.2, -0.15) is 0 Å². The summed E-state index contributed by atoms with van der Waals surface area (Å²) in [6.45, 7) is 3.97. The fourth-order valence-corrected chi connectivity index (χ4v) is 4.22. The maximum atomic E-state index is 13.1. The molecule has 0 fully saturated rings. The van der Waals surface area contributed by atoms with Crippen LogP contribution in [0.15, 0.2) is 42.5 Å². The number of fused-ring (bicyclic) bond motifs is 3. The number of H-pyrrole nitrogens is 1. The molecule has 2 N–H and O–H groups in total. The lowest BCUT2D eigenvalue weighted by molar-refractivity contribution is 0.173. The van der Waals surface area contributed by atoms with Crippen LogP contribution < -0.4 is 10.1 Å². The molecule has 30 heavy (non-hydrogen) atoms. The highest BCUT2D eigenvalue weighted by molar-refractivity contribution is 5.87. The third-order valence-corrected chi connectivity index (χ3v) is 5.79. The molecule has 0 spiro atoms. The van der Waals surface area contributed by atoms with Crippen LogP contribution in [0.5, 0.6) is 5.75 Å². The Morgan fingerprint density at radius 1 is 1.20 bits per heavy atom. The van der Waals surface area contributed by atoms with Crippen molar-refractivity contribution >= 4 is 16.9 Å². The van der Waals surface area contributed by atoms with E-state index in [0.29, 0.717) is 19.7 Å². The number of carbonyl (C=O) groups is 1. The van der Waals surface area contributed by atoms with Crippen LogP contribution in [0, 0.1) is 6.92 Å². The molecule has 2 aromatic carbocycles. The largest absolute Gasteiger partial charge is 0.497 e. The first-order valence-electron chi connectivity index (χ1n) is 10.4. The molecule has 2 heterocycles. The molecule has 0 saturated heterocycles. The zero-order valence-corrected chi connectivity index (χ0v) is 17.8. The van der Waals surface area contributed by atoms with Crippen molar-refractivity contribution in [3.63, 3.8) is 0 Å². The number of urea groups is 1. The van der Waals surface area contributed by atoms with Crippen LogP contribution in [-0.2, 0) is 11.2 Å². The number of aromatic amines is 1. The van der Waals surface area contributed by atoms with Gasteiger partial charge in [-0.3, -0.25) is 0 Å². The quantitative estimate of drug-likeness (QED) is 0.603. The van der Waals surface area contributed by atoms with E-state index in [1.165, 1.54) is 16.5 Å². The Kier molecular flexibility index (Phi) is 5.95. The van der Waals surface area contributed by atoms with Gasteiger partial charge in [-0.25, -0.2) is 4.79 Å². The van der Waals surface area contributed by atoms with Crippen molar-refractivity contribution in [2.75, 3.05) is 33.9 Å². The molecule has 2 amide bonds. The van der Waals surface area contributed by atoms with Crippen LogP contribution in [0.4, 0.5) is 4.79 Å². The standard InChI is InChI=1S/C24H29N3O3/c1-16-5-7-17(8-6-16)23-22-19(20-15-18(30-3)9-10-21(20)26-22)11-13-27(23)24(28)25-12-4-14-29-2/h5-10,15,23,26H,4,11-14H2,1-3H3,(H,25,28)/t23-/m1/s1. The molecule has 0 bridgehead atoms. The number of nitrogens with zero attached hydrogens (tertiary/aromatic N) is 1. The fourth-order valence-electron chi connectivity index (χ4n) is 4.22. The molecule has 4 rings (SSSR count). The van der Waals surface area contributed by atoms with E-state index in [-0.39, 0.29) is 12.1 Å². The summed E-state index contributed by atoms with van der Waals surface area (Å²) in [5, 5.41) is 4.22. The molecule has 6 heteroatoms. The Balaban J connectivity index is 1.72. The summed E-state index contributed by atoms with van der Waals surface area (Å²) in [6, 6.07) is 14.3. The highest BCUT2D eigenvalue weighted by Crippen LogP contribution is 2.39. The Hall–Kier alpha value is -2.99. The van der Waals surface area contributed by atoms with Crippen molar-refractivity contribution < 1.29 is 14.3 Å². The monoisotopic (exact) mass is 407 g/mol. The fraction of sp³-hybridized carbons (Fsp3) is 0.375. The lowest BCUT2D eigenvalue weighted by Crippen LogP contribution is -2.46. The lowest BCUT2D eigenvalue weighted by atomic mass is 9.92. The molecule has 1 aromatic heterocycles. The average Bonchev–Trinajstić information content (AvgIpc) is 3.14. The number of ether oxygens (including phenoxy) is 2. The van der Waals surface area contributed by atoms with E-state index < -0.39 is 0 Å². The predicted molar refractivity (Wildman–Crippen MR) is 118 cm³/mol. The van der Waals surface area contributed by atoms with Crippen LogP contribution in [0.25, 0.3) is 10.9 Å². The maximum absolute atomic E-state index is 13.1. The van der Waals surface area contributed by atoms with Gasteiger partial charge in [0.1, 0.15) is 5.75 Å². The average molecular weight is 408 g/mol. The van der Waals surface area contributed by atoms with E-state index in [4.69, 9.17) is 9.47 Å². The van der Waals surface area contributed by atoms with Gasteiger partial charge in [-0.05, 0) is 49.1 Å². The number of rotatable bonds is 6. The Morgan fingerprint density at radius 2 is 2.00 bits per heavy atom. The van der Waals surface area contributed by atoms with E-state index >= 15 is 0 Å². The lowest BCUT2D eigenvalue weighted by Gasteiger charge is -2.36. The second-order valence-electron chi connectivity index (χ2n) is 7.76. The summed E-state index contributed by atoms with van der Waals surface area (Å²) in [4.78, 5) is 18.6. The van der Waals surface area contributed by atoms with Crippen LogP contribution in [0.2, 0.25) is 0 Å². The molecule has 0 aliphatic carbocycles. The highest BCUT2D eigenvalue weighted by atomic mass is 16.5. The predicted octanol–water partition coefficient (Wildman–Crippen LogP) is 4.18. The van der Waals surface area contributed by atoms with E-state index in [1.807, 2.05) is 17.0 Å². The van der Waals surface area contributed by atoms with Crippen LogP contribution in [0.1, 0.15) is 34.8 Å². The van der Waals surface area contributed by atoms with Crippen molar-refractivity contribution in [2.24, 2.45) is 0 Å². The SMILES string of the molecule is COCCCNC(=O)N1CCc2c([nH]c3ccc(OC)cc23)[C@H]1c1ccc(C)cc1. The Morgan fingerprint density at radius 3 is 2.73 bits per heavy atom. The first-order valence-corrected chi connectivity index (χ1v) is 10.4. The molecular weight excluding hydrogens is 378 g/mol. The van der Waals surface area contributed by atoms with Gasteiger partial charge < -0.3 is 24.7 Å². The van der Waals surface area contributed by atoms with Gasteiger partial charge in [0.05, 0.1) is 13.2 Å². The van der Waals surface area contributed by atoms with Gasteiger partial charge in [-0.1, -0.05) is 29.8 Å². The van der Waals surface area contributed by atoms with Crippen molar-refractivity contribution in [3.8, 4) is 5.75 Å². The van der Waals surface area contributed by atoms with Crippen LogP contribution >= 0.6 is 0 Å². The summed E-state index contributed by atoms with van der Waals surface area (Å²) in [5.74, 6) is 0.842. The molecule has 3 aromatic rings. The molecule has 1 aliphatic rings. The zero-order chi connectivity index (χ0) is 21.1. The van der Waals surface area contributed by atoms with E-state index in [9.17, 15) is 4.79 Å². The van der Waals surface area contributed by atoms with Crippen molar-refractivity contribution in [2.45, 2.75) is 25.8 Å². The third kappa shape index (κ3) is 3.87. The summed E-state index contributed by atoms with van der Waals surface area (Å²) >= 11 is 0. The zero-order valence-electron chi connectivity index (χ0n) is 17.8. The molecule has 0 radical (unpaired) electrons. The first kappa shape index (κ1) is 20.3. The summed E-state index contributed by atoms with van der Waals surface area (Å²) < 4.78 is 10.5. The number of aryl methyl sites for hydroxylation is 1. The Labute approximate surface area is 177 Å². The molecule has 6 nitrogen and oxygen atoms in total. The van der Waals surface area contributed by atoms with Crippen molar-refractivity contribution in [3.05, 3.63) is 64.8 Å². The number of hydrogen-bond donors (Lipinski definition) is 2. The minimum atomic E-state index is -0.157. The minimum absolute atomic E-state index is 0.0430. The third-order valence-electron chi connectivity index (χ3n) is 5.79. The van der Waals surface area contributed by atoms with Gasteiger partial charge >= 0.3 is 6.03 Å². The second-order valence-corrected chi connectivity index (χ2v) is 7.76. The molecule has 0 unspecified atom stereocenters. The van der Waals surface area contributed by atoms with Gasteiger partial charge in [0.25, 0.3) is 0 Å². The van der Waals surface area contributed by atoms with E-state index in [0.717, 1.165) is 35.4 Å². The maximum Gasteiger partial charge on any atom is 0.318 e. The smallest absolute Gasteiger partial charge is 0.318 e. The van der Waals surface area contributed by atoms with E-state index in [2.05, 4.69) is 47.6 Å². The van der Waals surface area contributed by atoms with Crippen molar-refractivity contribution in [1.82, 2.24) is 15.2 Å². The van der Waals surface area contributed by atoms with Gasteiger partial charge in [0.2, 0.25) is 0 Å². The topological polar surface area (TPSA) is 66.6 Å². The summed E-state index contributed by atoms with van der Waals surface area (Å²) in [7, 11) is 3.36. The minimum Gasteiger partial charge on any atom is -0.497 e. The van der Waals surface area contributed by atoms with Gasteiger partial charge in [0.15, 0.2) is 0 Å². The van der Waals surface area contributed by atoms with Gasteiger partial charge in [0, 0.05) is 43.4 Å². The highest BCUT2D eigenvalue weighted by Gasteiger charge is 2.34. The molecule has 158 valence electrons. The number of nitrogens with one attached hydrogen (secondary N) is 2. The van der Waals surface area contributed by atoms with Crippen molar-refractivity contribution in [1.29, 1.82) is 0 Å². The molecular formula is C24H29N3O3. The number of hydrogen-bond acceptors (Lipinski definition) is 3. The number of methoxy groups -OCH3 is 2. The molecule has 1 atom stereocenters. The number of carbonyl (C=O) groups excluding carboxylic acids is 1. The second kappa shape index (κ2) is 8.79. The first-order chi connectivity index (χ1) is 14.6. The Bertz CT molecular complexity index is 1030. The molecule has 1 aliphatic heterocycles. The van der Waals surface area contributed by atoms with Crippen LogP contribution in [0.3, 0.4) is 0 Å². The summed E-state index contributed by atoms with van der Waals surface area (Å²) in [5.41, 5.74) is 5.72. The van der Waals surface area contributed by atoms with Crippen LogP contribution in [-0.4, -0.2) is 49.8 Å². The number of benzene rings is 2. The van der Waals surface area contributed by atoms with E-state index in [1.54, 1.807) is 14.2 Å².